The highest BCUT2D eigenvalue weighted by atomic mass is 16.4. The van der Waals surface area contributed by atoms with E-state index in [1.54, 1.807) is 24.4 Å². The Morgan fingerprint density at radius 1 is 1.07 bits per heavy atom. The average Bonchev–Trinajstić information content (AvgIpc) is 2.71. The highest BCUT2D eigenvalue weighted by Crippen LogP contribution is 2.30. The van der Waals surface area contributed by atoms with Crippen molar-refractivity contribution in [2.45, 2.75) is 32.7 Å². The number of rotatable bonds is 8. The number of carboxylic acid groups (broad SMARTS) is 1. The van der Waals surface area contributed by atoms with E-state index < -0.39 is 6.09 Å². The van der Waals surface area contributed by atoms with Gasteiger partial charge in [0, 0.05) is 24.0 Å². The molecule has 0 unspecified atom stereocenters. The molecule has 29 heavy (non-hydrogen) atoms. The normalized spacial score (nSPS) is 10.5. The van der Waals surface area contributed by atoms with Gasteiger partial charge in [0.1, 0.15) is 0 Å². The molecule has 7 nitrogen and oxygen atoms in total. The van der Waals surface area contributed by atoms with E-state index in [1.165, 1.54) is 0 Å². The molecular formula is C22H24N4O3. The van der Waals surface area contributed by atoms with Crippen LogP contribution in [0.4, 0.5) is 21.9 Å². The molecule has 0 aliphatic heterocycles. The Bertz CT molecular complexity index is 1020. The van der Waals surface area contributed by atoms with Crippen LogP contribution in [0.2, 0.25) is 0 Å². The van der Waals surface area contributed by atoms with Crippen molar-refractivity contribution in [2.75, 3.05) is 16.0 Å². The zero-order valence-corrected chi connectivity index (χ0v) is 16.2. The van der Waals surface area contributed by atoms with Crippen molar-refractivity contribution < 1.29 is 14.7 Å². The number of carbonyl (C=O) groups is 2. The average molecular weight is 392 g/mol. The molecule has 7 heteroatoms. The molecule has 0 saturated carbocycles. The van der Waals surface area contributed by atoms with Crippen molar-refractivity contribution in [1.29, 1.82) is 0 Å². The van der Waals surface area contributed by atoms with Crippen molar-refractivity contribution in [3.05, 3.63) is 60.3 Å². The van der Waals surface area contributed by atoms with E-state index in [-0.39, 0.29) is 5.91 Å². The van der Waals surface area contributed by atoms with Crippen molar-refractivity contribution in [1.82, 2.24) is 4.98 Å². The quantitative estimate of drug-likeness (QED) is 0.429. The first-order chi connectivity index (χ1) is 14.1. The largest absolute Gasteiger partial charge is 0.465 e. The van der Waals surface area contributed by atoms with Crippen LogP contribution < -0.4 is 16.0 Å². The summed E-state index contributed by atoms with van der Waals surface area (Å²) < 4.78 is 0. The van der Waals surface area contributed by atoms with Gasteiger partial charge in [0.05, 0.1) is 23.1 Å². The molecule has 1 heterocycles. The van der Waals surface area contributed by atoms with Gasteiger partial charge >= 0.3 is 6.09 Å². The first-order valence-corrected chi connectivity index (χ1v) is 9.57. The molecule has 0 aliphatic rings. The maximum absolute atomic E-state index is 12.3. The molecular weight excluding hydrogens is 368 g/mol. The minimum Gasteiger partial charge on any atom is -0.465 e. The fourth-order valence-electron chi connectivity index (χ4n) is 3.05. The van der Waals surface area contributed by atoms with Crippen LogP contribution in [-0.4, -0.2) is 22.1 Å². The summed E-state index contributed by atoms with van der Waals surface area (Å²) in [4.78, 5) is 27.6. The maximum atomic E-state index is 12.3. The Balaban J connectivity index is 1.85. The number of nitrogens with zero attached hydrogens (tertiary/aromatic N) is 1. The van der Waals surface area contributed by atoms with Crippen LogP contribution in [0.3, 0.4) is 0 Å². The van der Waals surface area contributed by atoms with Crippen LogP contribution in [0.1, 0.15) is 31.7 Å². The second-order valence-electron chi connectivity index (χ2n) is 6.70. The number of hydrogen-bond donors (Lipinski definition) is 4. The summed E-state index contributed by atoms with van der Waals surface area (Å²) in [5, 5.41) is 18.5. The van der Waals surface area contributed by atoms with Gasteiger partial charge in [-0.05, 0) is 30.2 Å². The van der Waals surface area contributed by atoms with E-state index in [0.717, 1.165) is 35.0 Å². The van der Waals surface area contributed by atoms with Gasteiger partial charge < -0.3 is 15.7 Å². The second-order valence-corrected chi connectivity index (χ2v) is 6.70. The summed E-state index contributed by atoms with van der Waals surface area (Å²) in [6.45, 7) is 2.51. The Hall–Kier alpha value is -3.61. The molecule has 1 aromatic heterocycles. The van der Waals surface area contributed by atoms with Crippen LogP contribution in [0.5, 0.6) is 0 Å². The standard InChI is InChI=1S/C22H24N4O3/c1-2-3-11-20(27)26-19-14-23-18-10-5-4-9-17(18)21(19)24-13-15-7-6-8-16(12-15)25-22(28)29/h4-10,12,14,25H,2-3,11,13H2,1H3,(H,23,24)(H,26,27)(H,28,29). The van der Waals surface area contributed by atoms with Crippen molar-refractivity contribution >= 4 is 40.0 Å². The zero-order chi connectivity index (χ0) is 20.6. The van der Waals surface area contributed by atoms with Crippen LogP contribution in [0.15, 0.2) is 54.7 Å². The third-order valence-corrected chi connectivity index (χ3v) is 4.45. The lowest BCUT2D eigenvalue weighted by molar-refractivity contribution is -0.116. The van der Waals surface area contributed by atoms with Crippen LogP contribution >= 0.6 is 0 Å². The summed E-state index contributed by atoms with van der Waals surface area (Å²) in [6.07, 6.45) is 2.81. The summed E-state index contributed by atoms with van der Waals surface area (Å²) >= 11 is 0. The third-order valence-electron chi connectivity index (χ3n) is 4.45. The molecule has 150 valence electrons. The lowest BCUT2D eigenvalue weighted by Gasteiger charge is -2.16. The number of para-hydroxylation sites is 1. The number of pyridine rings is 1. The molecule has 2 amide bonds. The number of carbonyl (C=O) groups excluding carboxylic acids is 1. The van der Waals surface area contributed by atoms with Crippen molar-refractivity contribution in [2.24, 2.45) is 0 Å². The first-order valence-electron chi connectivity index (χ1n) is 9.57. The van der Waals surface area contributed by atoms with Gasteiger partial charge in [-0.15, -0.1) is 0 Å². The molecule has 0 fully saturated rings. The molecule has 0 radical (unpaired) electrons. The smallest absolute Gasteiger partial charge is 0.409 e. The predicted molar refractivity (Wildman–Crippen MR) is 115 cm³/mol. The van der Waals surface area contributed by atoms with Crippen LogP contribution in [0, 0.1) is 0 Å². The predicted octanol–water partition coefficient (Wildman–Crippen LogP) is 5.07. The fraction of sp³-hybridized carbons (Fsp3) is 0.227. The topological polar surface area (TPSA) is 103 Å². The summed E-state index contributed by atoms with van der Waals surface area (Å²) in [7, 11) is 0. The first kappa shape index (κ1) is 20.1. The molecule has 0 atom stereocenters. The Morgan fingerprint density at radius 3 is 2.69 bits per heavy atom. The minimum absolute atomic E-state index is 0.0420. The molecule has 0 aliphatic carbocycles. The number of benzene rings is 2. The summed E-state index contributed by atoms with van der Waals surface area (Å²) in [5.74, 6) is -0.0420. The minimum atomic E-state index is -1.10. The number of unbranched alkanes of at least 4 members (excludes halogenated alkanes) is 1. The molecule has 3 rings (SSSR count). The molecule has 0 saturated heterocycles. The Labute approximate surface area is 169 Å². The monoisotopic (exact) mass is 392 g/mol. The van der Waals surface area contributed by atoms with E-state index in [9.17, 15) is 9.59 Å². The maximum Gasteiger partial charge on any atom is 0.409 e. The van der Waals surface area contributed by atoms with E-state index in [0.29, 0.717) is 24.3 Å². The van der Waals surface area contributed by atoms with Gasteiger partial charge in [0.25, 0.3) is 0 Å². The van der Waals surface area contributed by atoms with Gasteiger partial charge in [-0.2, -0.15) is 0 Å². The number of anilines is 3. The number of fused-ring (bicyclic) bond motifs is 1. The van der Waals surface area contributed by atoms with Gasteiger partial charge in [-0.25, -0.2) is 4.79 Å². The Kier molecular flexibility index (Phi) is 6.63. The van der Waals surface area contributed by atoms with Crippen molar-refractivity contribution in [3.8, 4) is 0 Å². The van der Waals surface area contributed by atoms with Crippen molar-refractivity contribution in [3.63, 3.8) is 0 Å². The SMILES string of the molecule is CCCCC(=O)Nc1cnc2ccccc2c1NCc1cccc(NC(=O)O)c1. The molecule has 4 N–H and O–H groups in total. The zero-order valence-electron chi connectivity index (χ0n) is 16.2. The molecule has 0 bridgehead atoms. The van der Waals surface area contributed by atoms with E-state index in [2.05, 4.69) is 20.9 Å². The lowest BCUT2D eigenvalue weighted by Crippen LogP contribution is -2.14. The molecule has 0 spiro atoms. The number of hydrogen-bond acceptors (Lipinski definition) is 4. The van der Waals surface area contributed by atoms with Gasteiger partial charge in [-0.3, -0.25) is 15.1 Å². The van der Waals surface area contributed by atoms with Gasteiger partial charge in [0.15, 0.2) is 0 Å². The summed E-state index contributed by atoms with van der Waals surface area (Å²) in [5.41, 5.74) is 3.65. The molecule has 3 aromatic rings. The van der Waals surface area contributed by atoms with E-state index in [4.69, 9.17) is 5.11 Å². The van der Waals surface area contributed by atoms with Crippen LogP contribution in [-0.2, 0) is 11.3 Å². The third kappa shape index (κ3) is 5.44. The summed E-state index contributed by atoms with van der Waals surface area (Å²) in [6, 6.07) is 14.9. The van der Waals surface area contributed by atoms with E-state index in [1.807, 2.05) is 37.3 Å². The van der Waals surface area contributed by atoms with E-state index >= 15 is 0 Å². The fourth-order valence-corrected chi connectivity index (χ4v) is 3.05. The molecule has 2 aromatic carbocycles. The Morgan fingerprint density at radius 2 is 1.90 bits per heavy atom. The van der Waals surface area contributed by atoms with Crippen LogP contribution in [0.25, 0.3) is 10.9 Å². The highest BCUT2D eigenvalue weighted by Gasteiger charge is 2.12. The number of aromatic nitrogens is 1. The van der Waals surface area contributed by atoms with Gasteiger partial charge in [0.2, 0.25) is 5.91 Å². The highest BCUT2D eigenvalue weighted by molar-refractivity contribution is 6.02. The number of nitrogens with one attached hydrogen (secondary N) is 3. The second kappa shape index (κ2) is 9.54. The lowest BCUT2D eigenvalue weighted by atomic mass is 10.1. The number of amides is 2. The van der Waals surface area contributed by atoms with Gasteiger partial charge in [-0.1, -0.05) is 43.7 Å².